The summed E-state index contributed by atoms with van der Waals surface area (Å²) in [4.78, 5) is 0.128. The van der Waals surface area contributed by atoms with E-state index in [4.69, 9.17) is 0 Å². The van der Waals surface area contributed by atoms with Gasteiger partial charge in [-0.1, -0.05) is 57.2 Å². The van der Waals surface area contributed by atoms with E-state index in [0.717, 1.165) is 19.3 Å². The number of unbranched alkanes of at least 4 members (excludes halogenated alkanes) is 5. The minimum atomic E-state index is -4.61. The molecular formula is C14H24NiO3S. The van der Waals surface area contributed by atoms with Gasteiger partial charge in [0.15, 0.2) is 0 Å². The summed E-state index contributed by atoms with van der Waals surface area (Å²) in [5, 5.41) is 0. The van der Waals surface area contributed by atoms with Crippen molar-refractivity contribution in [1.29, 1.82) is 0 Å². The molecular weight excluding hydrogens is 307 g/mol. The molecule has 0 aromatic heterocycles. The van der Waals surface area contributed by atoms with Crippen molar-refractivity contribution in [3.63, 3.8) is 0 Å². The van der Waals surface area contributed by atoms with Crippen LogP contribution in [0.5, 0.6) is 0 Å². The van der Waals surface area contributed by atoms with Gasteiger partial charge in [0.05, 0.1) is 10.6 Å². The summed E-state index contributed by atoms with van der Waals surface area (Å²) in [6, 6.07) is 8.10. The quantitative estimate of drug-likeness (QED) is 0.555. The van der Waals surface area contributed by atoms with E-state index < -0.39 is 9.63 Å². The number of benzene rings is 1. The van der Waals surface area contributed by atoms with Crippen LogP contribution < -0.4 is 0 Å². The van der Waals surface area contributed by atoms with E-state index in [9.17, 15) is 13.3 Å². The summed E-state index contributed by atoms with van der Waals surface area (Å²) in [5.74, 6) is -0.0622. The number of hydrogen-bond donors (Lipinski definition) is 2. The van der Waals surface area contributed by atoms with Crippen molar-refractivity contribution in [2.24, 2.45) is 0 Å². The van der Waals surface area contributed by atoms with Crippen molar-refractivity contribution in [1.82, 2.24) is 0 Å². The molecule has 0 atom stereocenters. The number of rotatable bonds is 8. The van der Waals surface area contributed by atoms with Crippen LogP contribution in [0.15, 0.2) is 35.2 Å². The standard InChI is InChI=1S/C14H24O3S.Ni/c1-2-3-4-5-6-10-13-18(15,16,17)14-11-8-7-9-12-14;/h7-9,11-12H,2-6,10,13H2,1H3,(H2,15,16,17);. The maximum atomic E-state index is 12.2. The van der Waals surface area contributed by atoms with Crippen LogP contribution in [0.3, 0.4) is 0 Å². The van der Waals surface area contributed by atoms with E-state index in [0.29, 0.717) is 6.42 Å². The third-order valence-corrected chi connectivity index (χ3v) is 5.33. The van der Waals surface area contributed by atoms with Crippen molar-refractivity contribution in [2.45, 2.75) is 50.3 Å². The normalized spacial score (nSPS) is 13.3. The molecule has 0 saturated heterocycles. The van der Waals surface area contributed by atoms with Gasteiger partial charge in [0, 0.05) is 16.5 Å². The molecule has 2 N–H and O–H groups in total. The minimum absolute atomic E-state index is 0. The molecule has 0 fully saturated rings. The van der Waals surface area contributed by atoms with Crippen LogP contribution in [-0.4, -0.2) is 19.1 Å². The predicted octanol–water partition coefficient (Wildman–Crippen LogP) is 4.17. The molecule has 1 aromatic carbocycles. The SMILES string of the molecule is CCCCCCCCS(=O)(O)(O)c1ccccc1.[Ni]. The molecule has 5 heteroatoms. The average molecular weight is 331 g/mol. The Bertz CT molecular complexity index is 414. The first-order valence-electron chi connectivity index (χ1n) is 6.64. The molecule has 0 spiro atoms. The summed E-state index contributed by atoms with van der Waals surface area (Å²) >= 11 is 0. The van der Waals surface area contributed by atoms with Gasteiger partial charge in [-0.3, -0.25) is 0 Å². The van der Waals surface area contributed by atoms with Crippen LogP contribution in [0.1, 0.15) is 45.4 Å². The molecule has 0 aliphatic rings. The summed E-state index contributed by atoms with van der Waals surface area (Å²) < 4.78 is 32.1. The molecule has 0 bridgehead atoms. The van der Waals surface area contributed by atoms with Crippen LogP contribution in [0, 0.1) is 0 Å². The topological polar surface area (TPSA) is 57.5 Å². The maximum absolute atomic E-state index is 12.2. The minimum Gasteiger partial charge on any atom is -0.304 e. The first-order chi connectivity index (χ1) is 8.44. The smallest absolute Gasteiger partial charge is 0.109 e. The van der Waals surface area contributed by atoms with E-state index in [-0.39, 0.29) is 27.1 Å². The van der Waals surface area contributed by atoms with Gasteiger partial charge in [0.2, 0.25) is 0 Å². The van der Waals surface area contributed by atoms with Gasteiger partial charge < -0.3 is 9.11 Å². The van der Waals surface area contributed by atoms with E-state index in [1.54, 1.807) is 18.2 Å². The Balaban J connectivity index is 0.00000324. The fraction of sp³-hybridized carbons (Fsp3) is 0.571. The van der Waals surface area contributed by atoms with E-state index in [2.05, 4.69) is 6.92 Å². The van der Waals surface area contributed by atoms with Gasteiger partial charge >= 0.3 is 0 Å². The third-order valence-electron chi connectivity index (χ3n) is 3.08. The van der Waals surface area contributed by atoms with Gasteiger partial charge in [0.25, 0.3) is 0 Å². The zero-order chi connectivity index (χ0) is 13.5. The van der Waals surface area contributed by atoms with Crippen LogP contribution in [0.25, 0.3) is 0 Å². The molecule has 19 heavy (non-hydrogen) atoms. The van der Waals surface area contributed by atoms with Crippen molar-refractivity contribution < 1.29 is 29.8 Å². The second kappa shape index (κ2) is 8.16. The summed E-state index contributed by atoms with van der Waals surface area (Å²) in [6.45, 7) is 2.15. The zero-order valence-electron chi connectivity index (χ0n) is 11.4. The van der Waals surface area contributed by atoms with Crippen molar-refractivity contribution in [3.05, 3.63) is 30.3 Å². The molecule has 0 unspecified atom stereocenters. The molecule has 0 aliphatic carbocycles. The first kappa shape index (κ1) is 18.8. The van der Waals surface area contributed by atoms with E-state index in [1.165, 1.54) is 25.0 Å². The largest absolute Gasteiger partial charge is 0.304 e. The van der Waals surface area contributed by atoms with Gasteiger partial charge in [-0.25, -0.2) is 4.21 Å². The van der Waals surface area contributed by atoms with Gasteiger partial charge in [0.1, 0.15) is 9.63 Å². The monoisotopic (exact) mass is 330 g/mol. The van der Waals surface area contributed by atoms with Gasteiger partial charge in [-0.05, 0) is 18.6 Å². The summed E-state index contributed by atoms with van der Waals surface area (Å²) in [7, 11) is -4.61. The van der Waals surface area contributed by atoms with Crippen LogP contribution in [-0.2, 0) is 26.1 Å². The molecule has 1 rings (SSSR count). The van der Waals surface area contributed by atoms with Crippen LogP contribution >= 0.6 is 0 Å². The van der Waals surface area contributed by atoms with E-state index in [1.807, 2.05) is 0 Å². The Labute approximate surface area is 126 Å². The fourth-order valence-corrected chi connectivity index (χ4v) is 3.62. The van der Waals surface area contributed by atoms with Crippen LogP contribution in [0.2, 0.25) is 0 Å². The molecule has 1 aromatic rings. The Morgan fingerprint density at radius 2 is 1.47 bits per heavy atom. The fourth-order valence-electron chi connectivity index (χ4n) is 1.95. The molecule has 0 radical (unpaired) electrons. The Kier molecular flexibility index (Phi) is 8.06. The molecule has 0 heterocycles. The van der Waals surface area contributed by atoms with Gasteiger partial charge in [-0.15, -0.1) is 0 Å². The Hall–Kier alpha value is -0.216. The summed E-state index contributed by atoms with van der Waals surface area (Å²) in [5.41, 5.74) is 0. The first-order valence-corrected chi connectivity index (χ1v) is 8.69. The summed E-state index contributed by atoms with van der Waals surface area (Å²) in [6.07, 6.45) is 6.08. The van der Waals surface area contributed by atoms with Crippen molar-refractivity contribution >= 4 is 9.63 Å². The number of hydrogen-bond acceptors (Lipinski definition) is 1. The predicted molar refractivity (Wildman–Crippen MR) is 76.4 cm³/mol. The Morgan fingerprint density at radius 1 is 0.947 bits per heavy atom. The van der Waals surface area contributed by atoms with E-state index >= 15 is 0 Å². The van der Waals surface area contributed by atoms with Crippen molar-refractivity contribution in [3.8, 4) is 0 Å². The molecule has 114 valence electrons. The maximum Gasteiger partial charge on any atom is 0.109 e. The third kappa shape index (κ3) is 6.66. The molecule has 0 aliphatic heterocycles. The second-order valence-electron chi connectivity index (χ2n) is 4.80. The molecule has 0 saturated carbocycles. The van der Waals surface area contributed by atoms with Gasteiger partial charge in [-0.2, -0.15) is 0 Å². The Morgan fingerprint density at radius 3 is 2.05 bits per heavy atom. The molecule has 0 amide bonds. The van der Waals surface area contributed by atoms with Crippen molar-refractivity contribution in [2.75, 3.05) is 5.75 Å². The van der Waals surface area contributed by atoms with Crippen LogP contribution in [0.4, 0.5) is 0 Å². The molecule has 3 nitrogen and oxygen atoms in total. The second-order valence-corrected chi connectivity index (χ2v) is 7.72. The zero-order valence-corrected chi connectivity index (χ0v) is 13.2. The average Bonchev–Trinajstić information content (AvgIpc) is 2.34.